The van der Waals surface area contributed by atoms with Crippen LogP contribution in [0.5, 0.6) is 0 Å². The molecule has 0 aliphatic carbocycles. The standard InChI is InChI=1S/C15H19ClN2O3/c1-15(10-21-2)13(19)18(14(20)17-15)9-3-4-11-5-7-12(16)8-6-11/h5-8H,3-4,9-10H2,1-2H3,(H,17,20)/t15-/m1/s1. The van der Waals surface area contributed by atoms with Gasteiger partial charge in [0.2, 0.25) is 0 Å². The van der Waals surface area contributed by atoms with Gasteiger partial charge >= 0.3 is 6.03 Å². The highest BCUT2D eigenvalue weighted by Crippen LogP contribution is 2.19. The Morgan fingerprint density at radius 2 is 1.95 bits per heavy atom. The Labute approximate surface area is 129 Å². The van der Waals surface area contributed by atoms with Crippen molar-refractivity contribution in [3.05, 3.63) is 34.9 Å². The summed E-state index contributed by atoms with van der Waals surface area (Å²) in [4.78, 5) is 25.4. The van der Waals surface area contributed by atoms with E-state index in [1.807, 2.05) is 24.3 Å². The highest BCUT2D eigenvalue weighted by molar-refractivity contribution is 6.30. The zero-order valence-electron chi connectivity index (χ0n) is 12.2. The van der Waals surface area contributed by atoms with Gasteiger partial charge in [0.15, 0.2) is 0 Å². The van der Waals surface area contributed by atoms with Crippen molar-refractivity contribution in [1.82, 2.24) is 10.2 Å². The number of amides is 3. The number of imide groups is 1. The first-order chi connectivity index (χ1) is 9.96. The van der Waals surface area contributed by atoms with E-state index in [0.29, 0.717) is 18.0 Å². The van der Waals surface area contributed by atoms with Gasteiger partial charge in [-0.15, -0.1) is 0 Å². The zero-order valence-corrected chi connectivity index (χ0v) is 12.9. The summed E-state index contributed by atoms with van der Waals surface area (Å²) in [7, 11) is 1.51. The number of ether oxygens (including phenoxy) is 1. The van der Waals surface area contributed by atoms with Crippen LogP contribution in [0.15, 0.2) is 24.3 Å². The van der Waals surface area contributed by atoms with Gasteiger partial charge in [-0.2, -0.15) is 0 Å². The van der Waals surface area contributed by atoms with Crippen LogP contribution in [0.3, 0.4) is 0 Å². The number of nitrogens with zero attached hydrogens (tertiary/aromatic N) is 1. The molecule has 21 heavy (non-hydrogen) atoms. The minimum Gasteiger partial charge on any atom is -0.382 e. The van der Waals surface area contributed by atoms with Gasteiger partial charge in [0, 0.05) is 18.7 Å². The quantitative estimate of drug-likeness (QED) is 0.820. The number of carbonyl (C=O) groups is 2. The topological polar surface area (TPSA) is 58.6 Å². The Bertz CT molecular complexity index is 532. The van der Waals surface area contributed by atoms with E-state index in [1.54, 1.807) is 6.92 Å². The molecule has 1 aliphatic rings. The van der Waals surface area contributed by atoms with Gasteiger partial charge in [-0.1, -0.05) is 23.7 Å². The third-order valence-electron chi connectivity index (χ3n) is 3.54. The second-order valence-corrected chi connectivity index (χ2v) is 5.82. The summed E-state index contributed by atoms with van der Waals surface area (Å²) >= 11 is 5.83. The molecule has 1 aliphatic heterocycles. The van der Waals surface area contributed by atoms with E-state index in [9.17, 15) is 9.59 Å². The third kappa shape index (κ3) is 3.54. The highest BCUT2D eigenvalue weighted by atomic mass is 35.5. The number of benzene rings is 1. The summed E-state index contributed by atoms with van der Waals surface area (Å²) in [6.45, 7) is 2.24. The fourth-order valence-corrected chi connectivity index (χ4v) is 2.55. The van der Waals surface area contributed by atoms with Gasteiger partial charge in [-0.25, -0.2) is 4.79 Å². The minimum atomic E-state index is -0.952. The second-order valence-electron chi connectivity index (χ2n) is 5.38. The summed E-state index contributed by atoms with van der Waals surface area (Å²) in [5, 5.41) is 3.38. The molecule has 1 heterocycles. The van der Waals surface area contributed by atoms with E-state index in [2.05, 4.69) is 5.32 Å². The highest BCUT2D eigenvalue weighted by Gasteiger charge is 2.47. The van der Waals surface area contributed by atoms with Crippen molar-refractivity contribution in [2.75, 3.05) is 20.3 Å². The number of urea groups is 1. The number of nitrogens with one attached hydrogen (secondary N) is 1. The predicted molar refractivity (Wildman–Crippen MR) is 80.3 cm³/mol. The fraction of sp³-hybridized carbons (Fsp3) is 0.467. The van der Waals surface area contributed by atoms with Gasteiger partial charge in [0.05, 0.1) is 6.61 Å². The molecular weight excluding hydrogens is 292 g/mol. The number of aryl methyl sites for hydroxylation is 1. The van der Waals surface area contributed by atoms with Crippen LogP contribution in [0, 0.1) is 0 Å². The van der Waals surface area contributed by atoms with Crippen LogP contribution >= 0.6 is 11.6 Å². The number of carbonyl (C=O) groups excluding carboxylic acids is 2. The molecule has 0 spiro atoms. The number of halogens is 1. The molecule has 3 amide bonds. The molecule has 0 aromatic heterocycles. The molecule has 1 N–H and O–H groups in total. The maximum Gasteiger partial charge on any atom is 0.325 e. The van der Waals surface area contributed by atoms with Gasteiger partial charge in [-0.3, -0.25) is 9.69 Å². The lowest BCUT2D eigenvalue weighted by atomic mass is 10.0. The summed E-state index contributed by atoms with van der Waals surface area (Å²) < 4.78 is 5.01. The lowest BCUT2D eigenvalue weighted by molar-refractivity contribution is -0.132. The fourth-order valence-electron chi connectivity index (χ4n) is 2.43. The van der Waals surface area contributed by atoms with Crippen molar-refractivity contribution < 1.29 is 14.3 Å². The SMILES string of the molecule is COC[C@@]1(C)NC(=O)N(CCCc2ccc(Cl)cc2)C1=O. The van der Waals surface area contributed by atoms with Crippen molar-refractivity contribution in [1.29, 1.82) is 0 Å². The van der Waals surface area contributed by atoms with Crippen molar-refractivity contribution in [2.45, 2.75) is 25.3 Å². The first-order valence-electron chi connectivity index (χ1n) is 6.84. The summed E-state index contributed by atoms with van der Waals surface area (Å²) in [6, 6.07) is 7.21. The second kappa shape index (κ2) is 6.45. The van der Waals surface area contributed by atoms with Crippen LogP contribution in [-0.4, -0.2) is 42.6 Å². The Balaban J connectivity index is 1.90. The molecule has 1 saturated heterocycles. The first kappa shape index (κ1) is 15.8. The summed E-state index contributed by atoms with van der Waals surface area (Å²) in [6.07, 6.45) is 1.50. The average Bonchev–Trinajstić information content (AvgIpc) is 2.64. The Kier molecular flexibility index (Phi) is 4.85. The number of methoxy groups -OCH3 is 1. The Morgan fingerprint density at radius 3 is 2.57 bits per heavy atom. The molecule has 0 saturated carbocycles. The van der Waals surface area contributed by atoms with E-state index >= 15 is 0 Å². The summed E-state index contributed by atoms with van der Waals surface area (Å²) in [5.74, 6) is -0.231. The normalized spacial score (nSPS) is 21.8. The van der Waals surface area contributed by atoms with Crippen LogP contribution in [0.2, 0.25) is 5.02 Å². The monoisotopic (exact) mass is 310 g/mol. The maximum absolute atomic E-state index is 12.3. The van der Waals surface area contributed by atoms with Gasteiger partial charge in [0.1, 0.15) is 5.54 Å². The van der Waals surface area contributed by atoms with E-state index in [-0.39, 0.29) is 18.5 Å². The number of hydrogen-bond acceptors (Lipinski definition) is 3. The number of rotatable bonds is 6. The largest absolute Gasteiger partial charge is 0.382 e. The smallest absolute Gasteiger partial charge is 0.325 e. The molecule has 1 fully saturated rings. The van der Waals surface area contributed by atoms with Crippen LogP contribution < -0.4 is 5.32 Å². The van der Waals surface area contributed by atoms with Crippen LogP contribution in [0.25, 0.3) is 0 Å². The minimum absolute atomic E-state index is 0.172. The summed E-state index contributed by atoms with van der Waals surface area (Å²) in [5.41, 5.74) is 0.178. The molecular formula is C15H19ClN2O3. The Morgan fingerprint density at radius 1 is 1.29 bits per heavy atom. The molecule has 0 radical (unpaired) electrons. The van der Waals surface area contributed by atoms with Gasteiger partial charge in [0.25, 0.3) is 5.91 Å². The molecule has 0 unspecified atom stereocenters. The Hall–Kier alpha value is -1.59. The van der Waals surface area contributed by atoms with E-state index in [1.165, 1.54) is 12.0 Å². The van der Waals surface area contributed by atoms with Crippen LogP contribution in [-0.2, 0) is 16.0 Å². The van der Waals surface area contributed by atoms with E-state index in [4.69, 9.17) is 16.3 Å². The zero-order chi connectivity index (χ0) is 15.5. The van der Waals surface area contributed by atoms with Crippen molar-refractivity contribution in [2.24, 2.45) is 0 Å². The molecule has 1 atom stereocenters. The molecule has 1 aromatic rings. The van der Waals surface area contributed by atoms with E-state index in [0.717, 1.165) is 12.0 Å². The molecule has 114 valence electrons. The van der Waals surface area contributed by atoms with E-state index < -0.39 is 5.54 Å². The molecule has 2 rings (SSSR count). The van der Waals surface area contributed by atoms with Crippen LogP contribution in [0.4, 0.5) is 4.79 Å². The molecule has 1 aromatic carbocycles. The number of hydrogen-bond donors (Lipinski definition) is 1. The average molecular weight is 311 g/mol. The van der Waals surface area contributed by atoms with Gasteiger partial charge in [-0.05, 0) is 37.5 Å². The van der Waals surface area contributed by atoms with Crippen molar-refractivity contribution in [3.63, 3.8) is 0 Å². The molecule has 5 nitrogen and oxygen atoms in total. The lowest BCUT2D eigenvalue weighted by Gasteiger charge is -2.20. The van der Waals surface area contributed by atoms with Crippen LogP contribution in [0.1, 0.15) is 18.9 Å². The van der Waals surface area contributed by atoms with Crippen molar-refractivity contribution >= 4 is 23.5 Å². The van der Waals surface area contributed by atoms with Crippen molar-refractivity contribution in [3.8, 4) is 0 Å². The lowest BCUT2D eigenvalue weighted by Crippen LogP contribution is -2.47. The first-order valence-corrected chi connectivity index (χ1v) is 7.21. The third-order valence-corrected chi connectivity index (χ3v) is 3.79. The maximum atomic E-state index is 12.3. The molecule has 6 heteroatoms. The van der Waals surface area contributed by atoms with Gasteiger partial charge < -0.3 is 10.1 Å². The molecule has 0 bridgehead atoms. The predicted octanol–water partition coefficient (Wildman–Crippen LogP) is 2.23.